The Bertz CT molecular complexity index is 271. The van der Waals surface area contributed by atoms with Gasteiger partial charge in [0.05, 0.1) is 11.2 Å². The molecular weight excluding hydrogens is 267 g/mol. The highest BCUT2D eigenvalue weighted by molar-refractivity contribution is 9.12. The zero-order chi connectivity index (χ0) is 12.6. The second-order valence-electron chi connectivity index (χ2n) is 5.53. The normalized spacial score (nSPS) is 25.9. The van der Waals surface area contributed by atoms with Crippen molar-refractivity contribution < 1.29 is 9.31 Å². The van der Waals surface area contributed by atoms with E-state index in [4.69, 9.17) is 9.31 Å². The molecule has 2 nitrogen and oxygen atoms in total. The molecule has 4 heteroatoms. The minimum absolute atomic E-state index is 0.264. The second kappa shape index (κ2) is 4.83. The highest BCUT2D eigenvalue weighted by Crippen LogP contribution is 2.39. The first kappa shape index (κ1) is 14.3. The van der Waals surface area contributed by atoms with Crippen LogP contribution in [0.2, 0.25) is 0 Å². The zero-order valence-electron chi connectivity index (χ0n) is 11.1. The van der Waals surface area contributed by atoms with Gasteiger partial charge in [-0.2, -0.15) is 0 Å². The molecule has 0 bridgehead atoms. The summed E-state index contributed by atoms with van der Waals surface area (Å²) in [4.78, 5) is 0. The Kier molecular flexibility index (Phi) is 4.31. The summed E-state index contributed by atoms with van der Waals surface area (Å²) in [7, 11) is -0.265. The average Bonchev–Trinajstić information content (AvgIpc) is 2.36. The molecule has 0 saturated carbocycles. The maximum absolute atomic E-state index is 5.93. The van der Waals surface area contributed by atoms with Gasteiger partial charge in [0.1, 0.15) is 0 Å². The molecule has 92 valence electrons. The smallest absolute Gasteiger partial charge is 0.399 e. The highest BCUT2D eigenvalue weighted by Gasteiger charge is 2.52. The molecule has 0 aromatic heterocycles. The zero-order valence-corrected chi connectivity index (χ0v) is 12.7. The monoisotopic (exact) mass is 288 g/mol. The van der Waals surface area contributed by atoms with Crippen LogP contribution in [-0.4, -0.2) is 18.3 Å². The van der Waals surface area contributed by atoms with Crippen LogP contribution in [0.4, 0.5) is 0 Å². The van der Waals surface area contributed by atoms with Crippen molar-refractivity contribution >= 4 is 23.0 Å². The lowest BCUT2D eigenvalue weighted by atomic mass is 9.87. The highest BCUT2D eigenvalue weighted by atomic mass is 79.9. The van der Waals surface area contributed by atoms with Gasteiger partial charge in [0.25, 0.3) is 0 Å². The summed E-state index contributed by atoms with van der Waals surface area (Å²) in [6.45, 7) is 12.6. The molecule has 0 N–H and O–H groups in total. The van der Waals surface area contributed by atoms with E-state index in [0.717, 1.165) is 10.8 Å². The van der Waals surface area contributed by atoms with E-state index in [9.17, 15) is 0 Å². The van der Waals surface area contributed by atoms with E-state index in [1.54, 1.807) is 0 Å². The van der Waals surface area contributed by atoms with Crippen LogP contribution < -0.4 is 0 Å². The number of rotatable bonds is 3. The van der Waals surface area contributed by atoms with Gasteiger partial charge in [-0.3, -0.25) is 0 Å². The van der Waals surface area contributed by atoms with Crippen molar-refractivity contribution in [2.24, 2.45) is 5.92 Å². The lowest BCUT2D eigenvalue weighted by molar-refractivity contribution is 0.00578. The first-order valence-electron chi connectivity index (χ1n) is 5.92. The molecule has 0 aromatic rings. The topological polar surface area (TPSA) is 18.5 Å². The fourth-order valence-electron chi connectivity index (χ4n) is 1.42. The van der Waals surface area contributed by atoms with Crippen LogP contribution in [0.5, 0.6) is 0 Å². The van der Waals surface area contributed by atoms with E-state index in [0.29, 0.717) is 5.92 Å². The van der Waals surface area contributed by atoms with Gasteiger partial charge in [0.15, 0.2) is 0 Å². The molecule has 1 aliphatic heterocycles. The maximum Gasteiger partial charge on any atom is 0.501 e. The first-order valence-corrected chi connectivity index (χ1v) is 6.72. The van der Waals surface area contributed by atoms with Crippen LogP contribution in [0.1, 0.15) is 48.0 Å². The van der Waals surface area contributed by atoms with Crippen molar-refractivity contribution in [1.82, 2.24) is 0 Å². The largest absolute Gasteiger partial charge is 0.501 e. The van der Waals surface area contributed by atoms with Gasteiger partial charge in [-0.1, -0.05) is 42.3 Å². The maximum atomic E-state index is 5.93. The molecule has 0 unspecified atom stereocenters. The van der Waals surface area contributed by atoms with E-state index in [2.05, 4.69) is 63.5 Å². The fourth-order valence-corrected chi connectivity index (χ4v) is 2.06. The van der Waals surface area contributed by atoms with Crippen molar-refractivity contribution in [2.45, 2.75) is 59.2 Å². The molecule has 1 heterocycles. The molecule has 0 aliphatic carbocycles. The molecule has 16 heavy (non-hydrogen) atoms. The van der Waals surface area contributed by atoms with Crippen molar-refractivity contribution in [3.8, 4) is 0 Å². The van der Waals surface area contributed by atoms with Crippen LogP contribution >= 0.6 is 15.9 Å². The van der Waals surface area contributed by atoms with Crippen molar-refractivity contribution in [3.63, 3.8) is 0 Å². The van der Waals surface area contributed by atoms with Crippen molar-refractivity contribution in [1.29, 1.82) is 0 Å². The van der Waals surface area contributed by atoms with E-state index >= 15 is 0 Å². The standard InChI is InChI=1S/C12H22BBrO2/c1-7-9(2)8-10(14)13-15-11(3,4)12(5,6)16-13/h8-9H,7H2,1-6H3/b10-8-/t9-/m1/s1. The predicted molar refractivity (Wildman–Crippen MR) is 72.5 cm³/mol. The molecular formula is C12H22BBrO2. The summed E-state index contributed by atoms with van der Waals surface area (Å²) in [5.74, 6) is 0.536. The molecule has 1 atom stereocenters. The molecule has 1 fully saturated rings. The van der Waals surface area contributed by atoms with E-state index in [-0.39, 0.29) is 18.3 Å². The van der Waals surface area contributed by atoms with Crippen LogP contribution in [0.3, 0.4) is 0 Å². The molecule has 1 saturated heterocycles. The minimum Gasteiger partial charge on any atom is -0.399 e. The second-order valence-corrected chi connectivity index (χ2v) is 6.44. The van der Waals surface area contributed by atoms with Gasteiger partial charge in [-0.15, -0.1) is 0 Å². The summed E-state index contributed by atoms with van der Waals surface area (Å²) in [5, 5.41) is 0. The number of allylic oxidation sites excluding steroid dienone is 1. The number of hydrogen-bond acceptors (Lipinski definition) is 2. The molecule has 1 rings (SSSR count). The minimum atomic E-state index is -0.265. The molecule has 0 amide bonds. The first-order chi connectivity index (χ1) is 7.19. The van der Waals surface area contributed by atoms with Gasteiger partial charge in [0, 0.05) is 4.38 Å². The predicted octanol–water partition coefficient (Wildman–Crippen LogP) is 3.94. The Hall–Kier alpha value is 0.205. The third kappa shape index (κ3) is 2.90. The summed E-state index contributed by atoms with van der Waals surface area (Å²) in [6, 6.07) is 0. The summed E-state index contributed by atoms with van der Waals surface area (Å²) in [5.41, 5.74) is -0.528. The Morgan fingerprint density at radius 2 is 1.69 bits per heavy atom. The Morgan fingerprint density at radius 3 is 2.06 bits per heavy atom. The summed E-state index contributed by atoms with van der Waals surface area (Å²) < 4.78 is 12.9. The van der Waals surface area contributed by atoms with Gasteiger partial charge < -0.3 is 9.31 Å². The Balaban J connectivity index is 2.76. The third-order valence-corrected chi connectivity index (χ3v) is 4.20. The van der Waals surface area contributed by atoms with Crippen LogP contribution in [0.25, 0.3) is 0 Å². The van der Waals surface area contributed by atoms with Gasteiger partial charge >= 0.3 is 7.12 Å². The molecule has 0 aromatic carbocycles. The van der Waals surface area contributed by atoms with Crippen LogP contribution in [0.15, 0.2) is 10.5 Å². The molecule has 0 spiro atoms. The lowest BCUT2D eigenvalue weighted by Crippen LogP contribution is -2.41. The van der Waals surface area contributed by atoms with Crippen molar-refractivity contribution in [2.75, 3.05) is 0 Å². The molecule has 1 aliphatic rings. The number of hydrogen-bond donors (Lipinski definition) is 0. The van der Waals surface area contributed by atoms with Crippen LogP contribution in [-0.2, 0) is 9.31 Å². The molecule has 0 radical (unpaired) electrons. The van der Waals surface area contributed by atoms with Gasteiger partial charge in [-0.25, -0.2) is 0 Å². The quantitative estimate of drug-likeness (QED) is 0.732. The lowest BCUT2D eigenvalue weighted by Gasteiger charge is -2.32. The van der Waals surface area contributed by atoms with Gasteiger partial charge in [-0.05, 0) is 33.6 Å². The van der Waals surface area contributed by atoms with E-state index in [1.807, 2.05) is 0 Å². The number of halogens is 1. The summed E-state index contributed by atoms with van der Waals surface area (Å²) >= 11 is 3.56. The Labute approximate surface area is 108 Å². The van der Waals surface area contributed by atoms with Crippen molar-refractivity contribution in [3.05, 3.63) is 10.5 Å². The summed E-state index contributed by atoms with van der Waals surface area (Å²) in [6.07, 6.45) is 3.29. The Morgan fingerprint density at radius 1 is 1.25 bits per heavy atom. The third-order valence-electron chi connectivity index (χ3n) is 3.57. The van der Waals surface area contributed by atoms with E-state index in [1.165, 1.54) is 0 Å². The van der Waals surface area contributed by atoms with Gasteiger partial charge in [0.2, 0.25) is 0 Å². The SMILES string of the molecule is CC[C@@H](C)/C=C(\Br)B1OC(C)(C)C(C)(C)O1. The van der Waals surface area contributed by atoms with Crippen LogP contribution in [0, 0.1) is 5.92 Å². The fraction of sp³-hybridized carbons (Fsp3) is 0.833. The average molecular weight is 289 g/mol. The van der Waals surface area contributed by atoms with E-state index < -0.39 is 0 Å².